The fourth-order valence-corrected chi connectivity index (χ4v) is 3.42. The van der Waals surface area contributed by atoms with Crippen LogP contribution in [-0.4, -0.2) is 48.4 Å². The lowest BCUT2D eigenvalue weighted by atomic mass is 10.1. The van der Waals surface area contributed by atoms with Gasteiger partial charge in [-0.1, -0.05) is 25.5 Å². The van der Waals surface area contributed by atoms with Gasteiger partial charge in [-0.05, 0) is 36.8 Å². The van der Waals surface area contributed by atoms with Crippen molar-refractivity contribution < 1.29 is 28.6 Å². The van der Waals surface area contributed by atoms with E-state index in [1.54, 1.807) is 42.5 Å². The van der Waals surface area contributed by atoms with Gasteiger partial charge in [-0.3, -0.25) is 19.3 Å². The molecule has 7 nitrogen and oxygen atoms in total. The van der Waals surface area contributed by atoms with Gasteiger partial charge in [0, 0.05) is 5.56 Å². The van der Waals surface area contributed by atoms with E-state index in [0.717, 1.165) is 4.90 Å². The van der Waals surface area contributed by atoms with Crippen molar-refractivity contribution in [2.75, 3.05) is 19.8 Å². The zero-order chi connectivity index (χ0) is 20.4. The first-order valence-corrected chi connectivity index (χ1v) is 9.62. The third kappa shape index (κ3) is 3.68. The molecule has 0 saturated carbocycles. The summed E-state index contributed by atoms with van der Waals surface area (Å²) in [5.41, 5.74) is 0.620. The molecule has 2 aromatic rings. The zero-order valence-corrected chi connectivity index (χ0v) is 16.1. The van der Waals surface area contributed by atoms with Gasteiger partial charge in [0.25, 0.3) is 11.8 Å². The van der Waals surface area contributed by atoms with Crippen LogP contribution < -0.4 is 14.2 Å². The summed E-state index contributed by atoms with van der Waals surface area (Å²) in [6, 6.07) is 11.6. The summed E-state index contributed by atoms with van der Waals surface area (Å²) in [4.78, 5) is 39.9. The Kier molecular flexibility index (Phi) is 5.20. The predicted molar refractivity (Wildman–Crippen MR) is 104 cm³/mol. The van der Waals surface area contributed by atoms with E-state index in [0.29, 0.717) is 48.9 Å². The van der Waals surface area contributed by atoms with Gasteiger partial charge in [-0.25, -0.2) is 0 Å². The molecule has 29 heavy (non-hydrogen) atoms. The first-order valence-electron chi connectivity index (χ1n) is 9.62. The Labute approximate surface area is 168 Å². The maximum atomic E-state index is 13.0. The maximum Gasteiger partial charge on any atom is 0.270 e. The molecule has 2 heterocycles. The average Bonchev–Trinajstić information content (AvgIpc) is 2.84. The number of para-hydroxylation sites is 1. The number of carbonyl (C=O) groups is 3. The quantitative estimate of drug-likeness (QED) is 0.572. The standard InChI is InChI=1S/C22H21NO6/c1-2-5-19-22(26)23(21(25)15-6-3-4-7-17(15)29-19)13-16(24)14-8-9-18-20(12-14)28-11-10-27-18/h3-4,6-9,12,19H,2,5,10-11,13H2,1H3/t19-/m0/s1. The second-order valence-electron chi connectivity index (χ2n) is 6.90. The third-order valence-electron chi connectivity index (χ3n) is 4.89. The Morgan fingerprint density at radius 1 is 1.03 bits per heavy atom. The molecule has 0 saturated heterocycles. The van der Waals surface area contributed by atoms with Crippen molar-refractivity contribution in [3.63, 3.8) is 0 Å². The molecule has 0 aromatic heterocycles. The molecular formula is C22H21NO6. The van der Waals surface area contributed by atoms with Crippen molar-refractivity contribution >= 4 is 17.6 Å². The number of carbonyl (C=O) groups excluding carboxylic acids is 3. The van der Waals surface area contributed by atoms with Crippen LogP contribution in [0.15, 0.2) is 42.5 Å². The highest BCUT2D eigenvalue weighted by Gasteiger charge is 2.37. The summed E-state index contributed by atoms with van der Waals surface area (Å²) in [5.74, 6) is 0.0131. The van der Waals surface area contributed by atoms with Crippen molar-refractivity contribution in [3.8, 4) is 17.2 Å². The van der Waals surface area contributed by atoms with Crippen molar-refractivity contribution in [2.45, 2.75) is 25.9 Å². The Hall–Kier alpha value is -3.35. The molecule has 150 valence electrons. The second kappa shape index (κ2) is 7.95. The minimum atomic E-state index is -0.805. The highest BCUT2D eigenvalue weighted by atomic mass is 16.6. The number of Topliss-reactive ketones (excluding diaryl/α,β-unsaturated/α-hetero) is 1. The molecule has 0 aliphatic carbocycles. The molecule has 0 bridgehead atoms. The van der Waals surface area contributed by atoms with Gasteiger partial charge in [0.1, 0.15) is 19.0 Å². The van der Waals surface area contributed by atoms with E-state index in [2.05, 4.69) is 0 Å². The minimum Gasteiger partial charge on any atom is -0.486 e. The van der Waals surface area contributed by atoms with Crippen molar-refractivity contribution in [3.05, 3.63) is 53.6 Å². The number of hydrogen-bond donors (Lipinski definition) is 0. The predicted octanol–water partition coefficient (Wildman–Crippen LogP) is 2.87. The van der Waals surface area contributed by atoms with Gasteiger partial charge in [-0.15, -0.1) is 0 Å². The van der Waals surface area contributed by atoms with Crippen LogP contribution in [-0.2, 0) is 4.79 Å². The largest absolute Gasteiger partial charge is 0.486 e. The number of imide groups is 1. The number of fused-ring (bicyclic) bond motifs is 2. The van der Waals surface area contributed by atoms with Crippen molar-refractivity contribution in [1.29, 1.82) is 0 Å². The molecule has 2 amide bonds. The van der Waals surface area contributed by atoms with Crippen LogP contribution in [0.2, 0.25) is 0 Å². The van der Waals surface area contributed by atoms with Gasteiger partial charge in [0.2, 0.25) is 0 Å². The van der Waals surface area contributed by atoms with Gasteiger partial charge in [0.15, 0.2) is 23.4 Å². The van der Waals surface area contributed by atoms with Crippen molar-refractivity contribution in [2.24, 2.45) is 0 Å². The Bertz CT molecular complexity index is 970. The molecule has 2 aliphatic rings. The van der Waals surface area contributed by atoms with Crippen LogP contribution in [0.5, 0.6) is 17.2 Å². The molecular weight excluding hydrogens is 374 g/mol. The van der Waals surface area contributed by atoms with E-state index in [9.17, 15) is 14.4 Å². The molecule has 0 unspecified atom stereocenters. The van der Waals surface area contributed by atoms with E-state index in [-0.39, 0.29) is 17.9 Å². The lowest BCUT2D eigenvalue weighted by Crippen LogP contribution is -2.45. The summed E-state index contributed by atoms with van der Waals surface area (Å²) in [7, 11) is 0. The number of amides is 2. The van der Waals surface area contributed by atoms with Crippen LogP contribution in [0, 0.1) is 0 Å². The van der Waals surface area contributed by atoms with Crippen LogP contribution in [0.1, 0.15) is 40.5 Å². The molecule has 0 N–H and O–H groups in total. The third-order valence-corrected chi connectivity index (χ3v) is 4.89. The summed E-state index contributed by atoms with van der Waals surface area (Å²) in [5, 5.41) is 0. The molecule has 7 heteroatoms. The van der Waals surface area contributed by atoms with Gasteiger partial charge in [0.05, 0.1) is 12.1 Å². The lowest BCUT2D eigenvalue weighted by Gasteiger charge is -2.22. The highest BCUT2D eigenvalue weighted by Crippen LogP contribution is 2.31. The topological polar surface area (TPSA) is 82.1 Å². The number of ether oxygens (including phenoxy) is 3. The summed E-state index contributed by atoms with van der Waals surface area (Å²) >= 11 is 0. The number of ketones is 1. The maximum absolute atomic E-state index is 13.0. The summed E-state index contributed by atoms with van der Waals surface area (Å²) in [6.45, 7) is 2.42. The number of nitrogens with zero attached hydrogens (tertiary/aromatic N) is 1. The summed E-state index contributed by atoms with van der Waals surface area (Å²) in [6.07, 6.45) is 0.354. The van der Waals surface area contributed by atoms with Crippen LogP contribution in [0.3, 0.4) is 0 Å². The van der Waals surface area contributed by atoms with E-state index in [4.69, 9.17) is 14.2 Å². The zero-order valence-electron chi connectivity index (χ0n) is 16.1. The fraction of sp³-hybridized carbons (Fsp3) is 0.318. The summed E-state index contributed by atoms with van der Waals surface area (Å²) < 4.78 is 16.8. The molecule has 4 rings (SSSR count). The first-order chi connectivity index (χ1) is 14.1. The second-order valence-corrected chi connectivity index (χ2v) is 6.90. The molecule has 0 radical (unpaired) electrons. The van der Waals surface area contributed by atoms with Crippen LogP contribution in [0.4, 0.5) is 0 Å². The highest BCUT2D eigenvalue weighted by molar-refractivity contribution is 6.12. The van der Waals surface area contributed by atoms with Crippen LogP contribution >= 0.6 is 0 Å². The molecule has 1 atom stereocenters. The average molecular weight is 395 g/mol. The molecule has 0 spiro atoms. The van der Waals surface area contributed by atoms with Gasteiger partial charge in [-0.2, -0.15) is 0 Å². The Morgan fingerprint density at radius 2 is 1.79 bits per heavy atom. The monoisotopic (exact) mass is 395 g/mol. The van der Waals surface area contributed by atoms with Crippen molar-refractivity contribution in [1.82, 2.24) is 4.90 Å². The minimum absolute atomic E-state index is 0.273. The van der Waals surface area contributed by atoms with E-state index < -0.39 is 17.9 Å². The van der Waals surface area contributed by atoms with Crippen LogP contribution in [0.25, 0.3) is 0 Å². The SMILES string of the molecule is CCC[C@@H]1Oc2ccccc2C(=O)N(CC(=O)c2ccc3c(c2)OCCO3)C1=O. The number of benzene rings is 2. The molecule has 2 aliphatic heterocycles. The number of hydrogen-bond acceptors (Lipinski definition) is 6. The lowest BCUT2D eigenvalue weighted by molar-refractivity contribution is -0.135. The first kappa shape index (κ1) is 19.0. The van der Waals surface area contributed by atoms with Gasteiger partial charge >= 0.3 is 0 Å². The Balaban J connectivity index is 1.62. The Morgan fingerprint density at radius 3 is 2.59 bits per heavy atom. The smallest absolute Gasteiger partial charge is 0.270 e. The number of rotatable bonds is 5. The van der Waals surface area contributed by atoms with E-state index in [1.165, 1.54) is 0 Å². The normalized spacial score (nSPS) is 18.0. The van der Waals surface area contributed by atoms with E-state index >= 15 is 0 Å². The molecule has 2 aromatic carbocycles. The molecule has 0 fully saturated rings. The van der Waals surface area contributed by atoms with Gasteiger partial charge < -0.3 is 14.2 Å². The van der Waals surface area contributed by atoms with E-state index in [1.807, 2.05) is 6.92 Å². The fourth-order valence-electron chi connectivity index (χ4n) is 3.42.